The van der Waals surface area contributed by atoms with E-state index in [2.05, 4.69) is 605 Å². The molecule has 0 aliphatic heterocycles. The average molecular weight is 1790 g/mol. The number of rotatable bonds is 19. The average Bonchev–Trinajstić information content (AvgIpc) is 1.54. The summed E-state index contributed by atoms with van der Waals surface area (Å²) in [6, 6.07) is 210. The number of anilines is 9. The van der Waals surface area contributed by atoms with Crippen LogP contribution >= 0.6 is 0 Å². The Morgan fingerprint density at radius 1 is 0.121 bits per heavy atom. The summed E-state index contributed by atoms with van der Waals surface area (Å²) in [4.78, 5) is 7.04. The molecule has 0 radical (unpaired) electrons. The number of fused-ring (bicyclic) bond motifs is 9. The van der Waals surface area contributed by atoms with E-state index in [1.807, 2.05) is 0 Å². The Balaban J connectivity index is 0.000000117. The first-order valence-electron chi connectivity index (χ1n) is 48.5. The van der Waals surface area contributed by atoms with Crippen LogP contribution < -0.4 is 14.7 Å². The van der Waals surface area contributed by atoms with Gasteiger partial charge in [0.05, 0.1) is 16.2 Å². The van der Waals surface area contributed by atoms with Gasteiger partial charge in [0.25, 0.3) is 0 Å². The van der Waals surface area contributed by atoms with Crippen molar-refractivity contribution in [2.24, 2.45) is 0 Å². The zero-order chi connectivity index (χ0) is 93.8. The van der Waals surface area contributed by atoms with Gasteiger partial charge in [-0.05, 0) is 273 Å². The van der Waals surface area contributed by atoms with Crippen LogP contribution in [0.1, 0.15) is 77.9 Å². The van der Waals surface area contributed by atoms with E-state index in [1.54, 1.807) is 0 Å². The van der Waals surface area contributed by atoms with Crippen molar-refractivity contribution < 1.29 is 0 Å². The van der Waals surface area contributed by atoms with Gasteiger partial charge >= 0.3 is 0 Å². The highest BCUT2D eigenvalue weighted by atomic mass is 15.2. The molecule has 0 bridgehead atoms. The Morgan fingerprint density at radius 3 is 0.564 bits per heavy atom. The lowest BCUT2D eigenvalue weighted by Crippen LogP contribution is -2.28. The van der Waals surface area contributed by atoms with Gasteiger partial charge in [0.1, 0.15) is 0 Å². The molecule has 0 amide bonds. The first-order chi connectivity index (χ1) is 69.3. The summed E-state index contributed by atoms with van der Waals surface area (Å²) < 4.78 is 0. The number of aryl methyl sites for hydroxylation is 2. The summed E-state index contributed by atoms with van der Waals surface area (Å²) in [7, 11) is 0. The van der Waals surface area contributed by atoms with Gasteiger partial charge in [-0.1, -0.05) is 473 Å². The summed E-state index contributed by atoms with van der Waals surface area (Å²) in [6.07, 6.45) is 0. The number of para-hydroxylation sites is 2. The van der Waals surface area contributed by atoms with Crippen LogP contribution in [0.5, 0.6) is 0 Å². The summed E-state index contributed by atoms with van der Waals surface area (Å²) >= 11 is 0. The third kappa shape index (κ3) is 15.7. The second-order valence-corrected chi connectivity index (χ2v) is 36.6. The molecule has 22 aromatic rings. The Morgan fingerprint density at radius 2 is 0.293 bits per heavy atom. The predicted octanol–water partition coefficient (Wildman–Crippen LogP) is 35.8. The number of nitrogens with zero attached hydrogens (tertiary/aromatic N) is 3. The highest BCUT2D eigenvalue weighted by Crippen LogP contribution is 2.61. The quantitative estimate of drug-likeness (QED) is 0.0799. The number of benzene rings is 22. The zero-order valence-electron chi connectivity index (χ0n) is 78.2. The number of hydrogen-bond acceptors (Lipinski definition) is 3. The molecule has 3 aliphatic carbocycles. The van der Waals surface area contributed by atoms with Crippen molar-refractivity contribution in [3.8, 4) is 77.9 Å². The van der Waals surface area contributed by atoms with E-state index in [0.29, 0.717) is 0 Å². The molecule has 0 N–H and O–H groups in total. The van der Waals surface area contributed by atoms with Crippen molar-refractivity contribution in [3.05, 3.63) is 654 Å². The summed E-state index contributed by atoms with van der Waals surface area (Å²) in [5.41, 5.74) is 44.5. The maximum Gasteiger partial charge on any atom is 0.0713 e. The van der Waals surface area contributed by atoms with Crippen molar-refractivity contribution in [3.63, 3.8) is 0 Å². The number of hydrogen-bond donors (Lipinski definition) is 0. The van der Waals surface area contributed by atoms with Crippen LogP contribution in [-0.2, 0) is 16.2 Å². The van der Waals surface area contributed by atoms with Crippen LogP contribution in [0.4, 0.5) is 51.2 Å². The lowest BCUT2D eigenvalue weighted by atomic mass is 9.67. The van der Waals surface area contributed by atoms with Gasteiger partial charge in [0, 0.05) is 51.2 Å². The summed E-state index contributed by atoms with van der Waals surface area (Å²) in [6.45, 7) is 4.34. The monoisotopic (exact) mass is 1790 g/mol. The van der Waals surface area contributed by atoms with Gasteiger partial charge in [-0.3, -0.25) is 0 Å². The maximum absolute atomic E-state index is 2.36. The van der Waals surface area contributed by atoms with E-state index < -0.39 is 16.2 Å². The lowest BCUT2D eigenvalue weighted by Gasteiger charge is -2.34. The summed E-state index contributed by atoms with van der Waals surface area (Å²) in [5, 5.41) is 0. The zero-order valence-corrected chi connectivity index (χ0v) is 78.2. The highest BCUT2D eigenvalue weighted by Gasteiger charge is 2.49. The van der Waals surface area contributed by atoms with Crippen molar-refractivity contribution >= 4 is 51.2 Å². The van der Waals surface area contributed by atoms with Crippen LogP contribution in [0.25, 0.3) is 77.9 Å². The van der Waals surface area contributed by atoms with E-state index in [-0.39, 0.29) is 0 Å². The molecule has 0 unspecified atom stereocenters. The molecule has 0 saturated heterocycles. The third-order valence-electron chi connectivity index (χ3n) is 28.6. The SMILES string of the molecule is Cc1cccc(C2(c3ccc(N(c4ccccc4)c4ccc(-c5ccccc5)cc4)cc3)c3ccccc3-c3ccccc32)c1.Cc1cccc(N(c2ccc(-c3ccccc3)cc2)c2ccc(C3(c4ccccc4)c4ccccc4-c4ccccc43)cc2)c1.c1ccc(-c2ccc(N(c3ccccc3)c3ccc(C4(c5ccc(-c6ccccc6)cc5)c5ccccc5-c5ccccc54)cc3)cc2)cc1. The molecular formula is C137H101N3. The third-order valence-corrected chi connectivity index (χ3v) is 28.6. The van der Waals surface area contributed by atoms with Gasteiger partial charge in [0.2, 0.25) is 0 Å². The molecule has 0 aromatic heterocycles. The molecule has 25 rings (SSSR count). The van der Waals surface area contributed by atoms with E-state index in [1.165, 1.54) is 156 Å². The fourth-order valence-electron chi connectivity index (χ4n) is 22.3. The molecule has 0 atom stereocenters. The molecule has 0 saturated carbocycles. The van der Waals surface area contributed by atoms with Crippen LogP contribution in [0.3, 0.4) is 0 Å². The van der Waals surface area contributed by atoms with E-state index in [0.717, 1.165) is 51.2 Å². The summed E-state index contributed by atoms with van der Waals surface area (Å²) in [5.74, 6) is 0. The fraction of sp³-hybridized carbons (Fsp3) is 0.0365. The minimum atomic E-state index is -0.462. The molecule has 140 heavy (non-hydrogen) atoms. The Hall–Kier alpha value is -17.8. The van der Waals surface area contributed by atoms with Crippen LogP contribution in [0.15, 0.2) is 576 Å². The van der Waals surface area contributed by atoms with Gasteiger partial charge in [0.15, 0.2) is 0 Å². The molecule has 0 heterocycles. The van der Waals surface area contributed by atoms with Crippen molar-refractivity contribution in [1.29, 1.82) is 0 Å². The smallest absolute Gasteiger partial charge is 0.0713 e. The molecule has 664 valence electrons. The molecule has 3 aliphatic rings. The minimum Gasteiger partial charge on any atom is -0.311 e. The lowest BCUT2D eigenvalue weighted by molar-refractivity contribution is 0.767. The fourth-order valence-corrected chi connectivity index (χ4v) is 22.3. The van der Waals surface area contributed by atoms with Crippen molar-refractivity contribution in [2.45, 2.75) is 30.1 Å². The van der Waals surface area contributed by atoms with Crippen LogP contribution in [-0.4, -0.2) is 0 Å². The van der Waals surface area contributed by atoms with E-state index in [9.17, 15) is 0 Å². The largest absolute Gasteiger partial charge is 0.311 e. The topological polar surface area (TPSA) is 9.72 Å². The maximum atomic E-state index is 2.36. The second-order valence-electron chi connectivity index (χ2n) is 36.6. The first-order valence-corrected chi connectivity index (χ1v) is 48.5. The Bertz CT molecular complexity index is 7960. The van der Waals surface area contributed by atoms with E-state index >= 15 is 0 Å². The molecule has 3 heteroatoms. The normalized spacial score (nSPS) is 12.7. The molecular weight excluding hydrogens is 1690 g/mol. The van der Waals surface area contributed by atoms with E-state index in [4.69, 9.17) is 0 Å². The van der Waals surface area contributed by atoms with Gasteiger partial charge in [-0.15, -0.1) is 0 Å². The molecule has 0 spiro atoms. The van der Waals surface area contributed by atoms with Crippen LogP contribution in [0.2, 0.25) is 0 Å². The second kappa shape index (κ2) is 37.8. The standard InChI is InChI=1S/C49H35N.2C44H33N/c1-4-14-36(15-5-1)38-24-28-40(29-25-38)49(47-22-12-10-20-45(47)46-21-11-13-23-48(46)49)41-30-34-44(35-31-41)50(42-18-8-3-9-19-42)43-32-26-39(27-33-43)37-16-6-2-7-17-37;1-32-13-12-16-36(31-32)44(42-21-10-8-19-40(42)41-20-9-11-22-43(41)44)35-25-29-39(30-26-35)45(37-17-6-3-7-18-37)38-27-23-34(24-28-38)33-14-4-2-5-15-33;1-32-13-12-18-39(31-32)45(37-27-23-34(24-28-37)33-14-4-2-5-15-33)38-29-25-36(26-30-38)44(35-16-6-3-7-17-35)42-21-10-8-19-40(42)41-20-9-11-22-43(41)44/h1-35H;2*2-31H,1H3. The Kier molecular flexibility index (Phi) is 23.3. The molecule has 0 fully saturated rings. The van der Waals surface area contributed by atoms with Gasteiger partial charge in [-0.2, -0.15) is 0 Å². The molecule has 22 aromatic carbocycles. The minimum absolute atomic E-state index is 0.404. The van der Waals surface area contributed by atoms with Crippen LogP contribution in [0, 0.1) is 13.8 Å². The van der Waals surface area contributed by atoms with Crippen molar-refractivity contribution in [2.75, 3.05) is 14.7 Å². The Labute approximate surface area is 822 Å². The van der Waals surface area contributed by atoms with Gasteiger partial charge < -0.3 is 14.7 Å². The highest BCUT2D eigenvalue weighted by molar-refractivity contribution is 5.92. The predicted molar refractivity (Wildman–Crippen MR) is 587 cm³/mol. The van der Waals surface area contributed by atoms with Gasteiger partial charge in [-0.25, -0.2) is 0 Å². The molecule has 3 nitrogen and oxygen atoms in total. The van der Waals surface area contributed by atoms with Crippen molar-refractivity contribution in [1.82, 2.24) is 0 Å². The first kappa shape index (κ1) is 86.4.